The van der Waals surface area contributed by atoms with E-state index in [9.17, 15) is 4.79 Å². The lowest BCUT2D eigenvalue weighted by molar-refractivity contribution is 0.588. The standard InChI is InChI=1S/C21H26N4O/c1-14(2)22-12-15-7-6-8-16(11-15)25-20-19(13-23-24(20)3)17-9-4-5-10-18(17)21(25)26/h6-8,11,13-14,22H,4-5,9-10,12H2,1-3H3. The number of aromatic nitrogens is 3. The average Bonchev–Trinajstić information content (AvgIpc) is 3.02. The molecular formula is C21H26N4O. The number of pyridine rings is 1. The molecule has 1 aliphatic rings. The van der Waals surface area contributed by atoms with Gasteiger partial charge >= 0.3 is 0 Å². The topological polar surface area (TPSA) is 51.9 Å². The quantitative estimate of drug-likeness (QED) is 0.787. The molecular weight excluding hydrogens is 324 g/mol. The van der Waals surface area contributed by atoms with Crippen LogP contribution in [0.5, 0.6) is 0 Å². The van der Waals surface area contributed by atoms with Crippen molar-refractivity contribution in [1.82, 2.24) is 19.7 Å². The molecule has 0 spiro atoms. The maximum absolute atomic E-state index is 13.4. The Morgan fingerprint density at radius 3 is 2.73 bits per heavy atom. The van der Waals surface area contributed by atoms with E-state index in [0.717, 1.165) is 54.5 Å². The molecule has 1 aliphatic carbocycles. The molecule has 1 aromatic carbocycles. The van der Waals surface area contributed by atoms with Crippen LogP contribution in [0.2, 0.25) is 0 Å². The molecule has 0 saturated heterocycles. The first-order valence-corrected chi connectivity index (χ1v) is 9.47. The summed E-state index contributed by atoms with van der Waals surface area (Å²) in [4.78, 5) is 13.4. The molecule has 5 heteroatoms. The summed E-state index contributed by atoms with van der Waals surface area (Å²) in [6.07, 6.45) is 6.00. The van der Waals surface area contributed by atoms with Gasteiger partial charge in [-0.05, 0) is 48.9 Å². The Morgan fingerprint density at radius 1 is 1.19 bits per heavy atom. The Labute approximate surface area is 153 Å². The van der Waals surface area contributed by atoms with Gasteiger partial charge in [0.1, 0.15) is 5.65 Å². The molecule has 3 aromatic rings. The third kappa shape index (κ3) is 2.86. The maximum atomic E-state index is 13.4. The normalized spacial score (nSPS) is 14.2. The lowest BCUT2D eigenvalue weighted by Gasteiger charge is -2.20. The van der Waals surface area contributed by atoms with Gasteiger partial charge in [-0.3, -0.25) is 14.0 Å². The van der Waals surface area contributed by atoms with Crippen molar-refractivity contribution in [3.8, 4) is 5.69 Å². The van der Waals surface area contributed by atoms with Crippen molar-refractivity contribution in [2.24, 2.45) is 7.05 Å². The van der Waals surface area contributed by atoms with Gasteiger partial charge in [-0.15, -0.1) is 0 Å². The van der Waals surface area contributed by atoms with Crippen molar-refractivity contribution in [2.75, 3.05) is 0 Å². The van der Waals surface area contributed by atoms with Crippen LogP contribution in [-0.4, -0.2) is 20.4 Å². The summed E-state index contributed by atoms with van der Waals surface area (Å²) < 4.78 is 3.68. The SMILES string of the molecule is CC(C)NCc1cccc(-n2c(=O)c3c(c4cnn(C)c42)CCCC3)c1. The first-order valence-electron chi connectivity index (χ1n) is 9.47. The minimum absolute atomic E-state index is 0.116. The molecule has 136 valence electrons. The van der Waals surface area contributed by atoms with Gasteiger partial charge < -0.3 is 5.32 Å². The van der Waals surface area contributed by atoms with E-state index < -0.39 is 0 Å². The van der Waals surface area contributed by atoms with Crippen molar-refractivity contribution in [1.29, 1.82) is 0 Å². The highest BCUT2D eigenvalue weighted by Gasteiger charge is 2.22. The molecule has 0 radical (unpaired) electrons. The fourth-order valence-electron chi connectivity index (χ4n) is 3.95. The zero-order chi connectivity index (χ0) is 18.3. The highest BCUT2D eigenvalue weighted by molar-refractivity contribution is 5.82. The van der Waals surface area contributed by atoms with E-state index in [-0.39, 0.29) is 5.56 Å². The minimum Gasteiger partial charge on any atom is -0.310 e. The van der Waals surface area contributed by atoms with Crippen LogP contribution >= 0.6 is 0 Å². The number of rotatable bonds is 4. The number of hydrogen-bond donors (Lipinski definition) is 1. The Bertz CT molecular complexity index is 1010. The lowest BCUT2D eigenvalue weighted by Crippen LogP contribution is -2.28. The molecule has 0 aliphatic heterocycles. The van der Waals surface area contributed by atoms with Crippen LogP contribution in [0.1, 0.15) is 43.4 Å². The first kappa shape index (κ1) is 17.0. The molecule has 5 nitrogen and oxygen atoms in total. The Balaban J connectivity index is 1.92. The zero-order valence-corrected chi connectivity index (χ0v) is 15.7. The Hall–Kier alpha value is -2.40. The van der Waals surface area contributed by atoms with Crippen LogP contribution in [0.4, 0.5) is 0 Å². The second-order valence-corrected chi connectivity index (χ2v) is 7.52. The van der Waals surface area contributed by atoms with E-state index in [4.69, 9.17) is 0 Å². The van der Waals surface area contributed by atoms with E-state index in [1.165, 1.54) is 11.1 Å². The van der Waals surface area contributed by atoms with Crippen LogP contribution in [0.15, 0.2) is 35.3 Å². The fraction of sp³-hybridized carbons (Fsp3) is 0.429. The second kappa shape index (κ2) is 6.72. The zero-order valence-electron chi connectivity index (χ0n) is 15.7. The van der Waals surface area contributed by atoms with Gasteiger partial charge in [-0.25, -0.2) is 0 Å². The van der Waals surface area contributed by atoms with Crippen LogP contribution in [0.25, 0.3) is 16.7 Å². The van der Waals surface area contributed by atoms with Crippen LogP contribution in [0.3, 0.4) is 0 Å². The monoisotopic (exact) mass is 350 g/mol. The maximum Gasteiger partial charge on any atom is 0.260 e. The van der Waals surface area contributed by atoms with Gasteiger partial charge in [-0.2, -0.15) is 5.10 Å². The summed E-state index contributed by atoms with van der Waals surface area (Å²) in [7, 11) is 1.91. The van der Waals surface area contributed by atoms with Gasteiger partial charge in [0.05, 0.1) is 11.9 Å². The number of benzene rings is 1. The summed E-state index contributed by atoms with van der Waals surface area (Å²) in [5.74, 6) is 0. The number of aryl methyl sites for hydroxylation is 2. The van der Waals surface area contributed by atoms with Crippen LogP contribution < -0.4 is 10.9 Å². The first-order chi connectivity index (χ1) is 12.6. The second-order valence-electron chi connectivity index (χ2n) is 7.52. The lowest BCUT2D eigenvalue weighted by atomic mass is 9.91. The molecule has 0 saturated carbocycles. The van der Waals surface area contributed by atoms with E-state index in [1.54, 1.807) is 0 Å². The van der Waals surface area contributed by atoms with Crippen molar-refractivity contribution in [3.05, 3.63) is 57.5 Å². The molecule has 0 atom stereocenters. The summed E-state index contributed by atoms with van der Waals surface area (Å²) in [5, 5.41) is 9.02. The number of hydrogen-bond acceptors (Lipinski definition) is 3. The highest BCUT2D eigenvalue weighted by Crippen LogP contribution is 2.28. The van der Waals surface area contributed by atoms with Crippen molar-refractivity contribution < 1.29 is 0 Å². The van der Waals surface area contributed by atoms with E-state index in [2.05, 4.69) is 36.4 Å². The van der Waals surface area contributed by atoms with Gasteiger partial charge in [0.15, 0.2) is 0 Å². The third-order valence-corrected chi connectivity index (χ3v) is 5.26. The smallest absolute Gasteiger partial charge is 0.260 e. The Morgan fingerprint density at radius 2 is 1.96 bits per heavy atom. The molecule has 26 heavy (non-hydrogen) atoms. The molecule has 0 bridgehead atoms. The molecule has 2 heterocycles. The summed E-state index contributed by atoms with van der Waals surface area (Å²) >= 11 is 0. The average molecular weight is 350 g/mol. The fourth-order valence-corrected chi connectivity index (χ4v) is 3.95. The van der Waals surface area contributed by atoms with E-state index in [0.29, 0.717) is 6.04 Å². The molecule has 4 rings (SSSR count). The van der Waals surface area contributed by atoms with Gasteiger partial charge in [-0.1, -0.05) is 26.0 Å². The largest absolute Gasteiger partial charge is 0.310 e. The van der Waals surface area contributed by atoms with Crippen molar-refractivity contribution in [3.63, 3.8) is 0 Å². The predicted octanol–water partition coefficient (Wildman–Crippen LogP) is 3.10. The predicted molar refractivity (Wildman–Crippen MR) is 105 cm³/mol. The molecule has 1 N–H and O–H groups in total. The highest BCUT2D eigenvalue weighted by atomic mass is 16.1. The van der Waals surface area contributed by atoms with E-state index >= 15 is 0 Å². The third-order valence-electron chi connectivity index (χ3n) is 5.26. The van der Waals surface area contributed by atoms with Crippen LogP contribution in [0, 0.1) is 0 Å². The minimum atomic E-state index is 0.116. The number of nitrogens with one attached hydrogen (secondary N) is 1. The van der Waals surface area contributed by atoms with Gasteiger partial charge in [0.25, 0.3) is 5.56 Å². The van der Waals surface area contributed by atoms with Crippen LogP contribution in [-0.2, 0) is 26.4 Å². The van der Waals surface area contributed by atoms with Crippen molar-refractivity contribution >= 4 is 11.0 Å². The summed E-state index contributed by atoms with van der Waals surface area (Å²) in [6.45, 7) is 5.06. The summed E-state index contributed by atoms with van der Waals surface area (Å²) in [6, 6.07) is 8.68. The molecule has 0 amide bonds. The van der Waals surface area contributed by atoms with E-state index in [1.807, 2.05) is 34.6 Å². The Kier molecular flexibility index (Phi) is 4.41. The molecule has 2 aromatic heterocycles. The molecule has 0 unspecified atom stereocenters. The number of fused-ring (bicyclic) bond motifs is 3. The van der Waals surface area contributed by atoms with Gasteiger partial charge in [0, 0.05) is 30.6 Å². The molecule has 0 fully saturated rings. The summed E-state index contributed by atoms with van der Waals surface area (Å²) in [5.41, 5.74) is 5.28. The number of nitrogens with zero attached hydrogens (tertiary/aromatic N) is 3. The van der Waals surface area contributed by atoms with Gasteiger partial charge in [0.2, 0.25) is 0 Å². The van der Waals surface area contributed by atoms with Crippen molar-refractivity contribution in [2.45, 2.75) is 52.1 Å².